The van der Waals surface area contributed by atoms with Crippen LogP contribution in [0.5, 0.6) is 0 Å². The third kappa shape index (κ3) is 3.42. The lowest BCUT2D eigenvalue weighted by atomic mass is 10.1. The van der Waals surface area contributed by atoms with Gasteiger partial charge in [0.1, 0.15) is 11.6 Å². The van der Waals surface area contributed by atoms with Crippen LogP contribution in [0.15, 0.2) is 47.3 Å². The molecule has 4 aromatic rings. The number of hydrogen-bond donors (Lipinski definition) is 1. The van der Waals surface area contributed by atoms with E-state index in [1.807, 2.05) is 26.0 Å². The van der Waals surface area contributed by atoms with Gasteiger partial charge in [0.25, 0.3) is 11.5 Å². The number of aromatic amines is 1. The van der Waals surface area contributed by atoms with Crippen molar-refractivity contribution in [2.75, 3.05) is 0 Å². The van der Waals surface area contributed by atoms with Crippen LogP contribution in [0.1, 0.15) is 34.9 Å². The van der Waals surface area contributed by atoms with Gasteiger partial charge in [-0.25, -0.2) is 9.37 Å². The number of rotatable bonds is 4. The number of carbonyl (C=O) groups is 1. The Hall–Kier alpha value is -3.06. The molecule has 0 aliphatic carbocycles. The Kier molecular flexibility index (Phi) is 4.92. The lowest BCUT2D eigenvalue weighted by Gasteiger charge is -2.26. The van der Waals surface area contributed by atoms with E-state index in [1.165, 1.54) is 17.4 Å². The van der Waals surface area contributed by atoms with Crippen LogP contribution in [0, 0.1) is 12.7 Å². The number of carbonyl (C=O) groups excluding carboxylic acids is 1. The molecule has 0 aliphatic rings. The number of thiophene rings is 1. The predicted octanol–water partition coefficient (Wildman–Crippen LogP) is 4.64. The molecule has 1 amide bonds. The largest absolute Gasteiger partial charge is 0.328 e. The molecule has 7 heteroatoms. The van der Waals surface area contributed by atoms with Crippen LogP contribution >= 0.6 is 11.3 Å². The first-order valence-corrected chi connectivity index (χ1v) is 10.1. The van der Waals surface area contributed by atoms with Gasteiger partial charge in [0, 0.05) is 16.1 Å². The third-order valence-corrected chi connectivity index (χ3v) is 6.21. The van der Waals surface area contributed by atoms with Crippen molar-refractivity contribution in [2.45, 2.75) is 33.4 Å². The highest BCUT2D eigenvalue weighted by atomic mass is 32.1. The molecular weight excluding hydrogens is 389 g/mol. The van der Waals surface area contributed by atoms with Crippen molar-refractivity contribution in [1.82, 2.24) is 14.9 Å². The molecule has 2 heterocycles. The van der Waals surface area contributed by atoms with Gasteiger partial charge in [0.05, 0.1) is 22.3 Å². The molecule has 0 saturated heterocycles. The van der Waals surface area contributed by atoms with Crippen LogP contribution in [0.3, 0.4) is 0 Å². The Balaban J connectivity index is 1.74. The molecule has 0 aliphatic heterocycles. The number of benzene rings is 2. The van der Waals surface area contributed by atoms with Crippen molar-refractivity contribution in [3.8, 4) is 0 Å². The van der Waals surface area contributed by atoms with Gasteiger partial charge in [-0.05, 0) is 50.6 Å². The summed E-state index contributed by atoms with van der Waals surface area (Å²) < 4.78 is 15.0. The lowest BCUT2D eigenvalue weighted by Crippen LogP contribution is -2.37. The zero-order valence-electron chi connectivity index (χ0n) is 16.3. The second-order valence-electron chi connectivity index (χ2n) is 7.23. The quantitative estimate of drug-likeness (QED) is 0.534. The van der Waals surface area contributed by atoms with Gasteiger partial charge in [-0.1, -0.05) is 18.2 Å². The molecular formula is C22H20FN3O2S. The second-order valence-corrected chi connectivity index (χ2v) is 8.28. The molecule has 0 bridgehead atoms. The lowest BCUT2D eigenvalue weighted by molar-refractivity contribution is 0.0689. The van der Waals surface area contributed by atoms with E-state index in [2.05, 4.69) is 9.97 Å². The summed E-state index contributed by atoms with van der Waals surface area (Å²) in [5.41, 5.74) is 0.989. The molecule has 0 atom stereocenters. The van der Waals surface area contributed by atoms with Crippen molar-refractivity contribution >= 4 is 38.2 Å². The number of nitrogens with zero attached hydrogens (tertiary/aromatic N) is 2. The molecule has 0 spiro atoms. The van der Waals surface area contributed by atoms with E-state index < -0.39 is 0 Å². The zero-order valence-corrected chi connectivity index (χ0v) is 17.1. The molecule has 0 saturated carbocycles. The number of fused-ring (bicyclic) bond motifs is 2. The summed E-state index contributed by atoms with van der Waals surface area (Å²) in [5, 5.41) is 0.997. The molecule has 5 nitrogen and oxygen atoms in total. The summed E-state index contributed by atoms with van der Waals surface area (Å²) in [7, 11) is 0. The van der Waals surface area contributed by atoms with Gasteiger partial charge >= 0.3 is 0 Å². The minimum atomic E-state index is -0.327. The van der Waals surface area contributed by atoms with Crippen LogP contribution in [-0.4, -0.2) is 26.8 Å². The Labute approximate surface area is 170 Å². The normalized spacial score (nSPS) is 11.5. The molecule has 0 radical (unpaired) electrons. The third-order valence-electron chi connectivity index (χ3n) is 4.96. The summed E-state index contributed by atoms with van der Waals surface area (Å²) in [6.45, 7) is 5.73. The van der Waals surface area contributed by atoms with E-state index in [0.29, 0.717) is 32.6 Å². The highest BCUT2D eigenvalue weighted by Crippen LogP contribution is 2.33. The highest BCUT2D eigenvalue weighted by Gasteiger charge is 2.25. The number of nitrogens with one attached hydrogen (secondary N) is 1. The Morgan fingerprint density at radius 1 is 1.21 bits per heavy atom. The molecule has 2 aromatic carbocycles. The van der Waals surface area contributed by atoms with Crippen LogP contribution in [-0.2, 0) is 6.54 Å². The summed E-state index contributed by atoms with van der Waals surface area (Å²) in [6.07, 6.45) is 0. The second kappa shape index (κ2) is 7.40. The number of H-pyrrole nitrogens is 1. The number of amides is 1. The van der Waals surface area contributed by atoms with Crippen LogP contribution in [0.4, 0.5) is 4.39 Å². The maximum atomic E-state index is 14.3. The van der Waals surface area contributed by atoms with Crippen molar-refractivity contribution < 1.29 is 9.18 Å². The average molecular weight is 409 g/mol. The topological polar surface area (TPSA) is 66.1 Å². The van der Waals surface area contributed by atoms with Crippen LogP contribution < -0.4 is 5.56 Å². The summed E-state index contributed by atoms with van der Waals surface area (Å²) in [6, 6.07) is 11.8. The van der Waals surface area contributed by atoms with E-state index in [-0.39, 0.29) is 29.9 Å². The smallest absolute Gasteiger partial charge is 0.264 e. The molecule has 0 unspecified atom stereocenters. The van der Waals surface area contributed by atoms with Crippen molar-refractivity contribution in [3.05, 3.63) is 74.9 Å². The van der Waals surface area contributed by atoms with Crippen molar-refractivity contribution in [2.24, 2.45) is 0 Å². The van der Waals surface area contributed by atoms with E-state index in [4.69, 9.17) is 0 Å². The van der Waals surface area contributed by atoms with Gasteiger partial charge < -0.3 is 9.88 Å². The van der Waals surface area contributed by atoms with Gasteiger partial charge in [0.2, 0.25) is 0 Å². The minimum absolute atomic E-state index is 0.131. The molecule has 29 heavy (non-hydrogen) atoms. The SMILES string of the molecule is Cc1c(C(=O)N(Cc2nc3ccccc3c(=O)[nH]2)C(C)C)sc2cccc(F)c12. The van der Waals surface area contributed by atoms with E-state index in [1.54, 1.807) is 36.1 Å². The van der Waals surface area contributed by atoms with Crippen LogP contribution in [0.2, 0.25) is 0 Å². The van der Waals surface area contributed by atoms with Gasteiger partial charge in [-0.3, -0.25) is 9.59 Å². The Morgan fingerprint density at radius 2 is 1.97 bits per heavy atom. The maximum absolute atomic E-state index is 14.3. The number of aromatic nitrogens is 2. The Morgan fingerprint density at radius 3 is 2.69 bits per heavy atom. The van der Waals surface area contributed by atoms with Crippen molar-refractivity contribution in [1.29, 1.82) is 0 Å². The molecule has 1 N–H and O–H groups in total. The maximum Gasteiger partial charge on any atom is 0.264 e. The van der Waals surface area contributed by atoms with Gasteiger partial charge in [-0.2, -0.15) is 0 Å². The number of aryl methyl sites for hydroxylation is 1. The van der Waals surface area contributed by atoms with E-state index >= 15 is 0 Å². The monoisotopic (exact) mass is 409 g/mol. The zero-order chi connectivity index (χ0) is 20.7. The number of hydrogen-bond acceptors (Lipinski definition) is 4. The number of halogens is 1. The summed E-state index contributed by atoms with van der Waals surface area (Å²) in [4.78, 5) is 35.1. The first-order chi connectivity index (χ1) is 13.9. The molecule has 0 fully saturated rings. The minimum Gasteiger partial charge on any atom is -0.328 e. The fourth-order valence-electron chi connectivity index (χ4n) is 3.45. The summed E-state index contributed by atoms with van der Waals surface area (Å²) >= 11 is 1.28. The van der Waals surface area contributed by atoms with Gasteiger partial charge in [0.15, 0.2) is 0 Å². The van der Waals surface area contributed by atoms with Gasteiger partial charge in [-0.15, -0.1) is 11.3 Å². The molecule has 2 aromatic heterocycles. The van der Waals surface area contributed by atoms with E-state index in [0.717, 1.165) is 4.70 Å². The highest BCUT2D eigenvalue weighted by molar-refractivity contribution is 7.21. The van der Waals surface area contributed by atoms with Crippen LogP contribution in [0.25, 0.3) is 21.0 Å². The number of para-hydroxylation sites is 1. The first-order valence-electron chi connectivity index (χ1n) is 9.33. The van der Waals surface area contributed by atoms with Crippen molar-refractivity contribution in [3.63, 3.8) is 0 Å². The Bertz CT molecular complexity index is 1290. The molecule has 148 valence electrons. The average Bonchev–Trinajstić information content (AvgIpc) is 3.03. The van der Waals surface area contributed by atoms with E-state index in [9.17, 15) is 14.0 Å². The standard InChI is InChI=1S/C22H20FN3O2S/c1-12(2)26(11-18-24-16-9-5-4-7-14(16)21(27)25-18)22(28)20-13(3)19-15(23)8-6-10-17(19)29-20/h4-10,12H,11H2,1-3H3,(H,24,25,27). The fraction of sp³-hybridized carbons (Fsp3) is 0.227. The predicted molar refractivity (Wildman–Crippen MR) is 114 cm³/mol. The first kappa shape index (κ1) is 19.3. The summed E-state index contributed by atoms with van der Waals surface area (Å²) in [5.74, 6) is -0.110. The fourth-order valence-corrected chi connectivity index (χ4v) is 4.63. The molecule has 4 rings (SSSR count).